The normalized spacial score (nSPS) is 11.2. The van der Waals surface area contributed by atoms with E-state index in [9.17, 15) is 22.8 Å². The third-order valence-corrected chi connectivity index (χ3v) is 2.04. The quantitative estimate of drug-likeness (QED) is 0.843. The van der Waals surface area contributed by atoms with E-state index in [0.717, 1.165) is 6.07 Å². The first-order valence-electron chi connectivity index (χ1n) is 5.31. The van der Waals surface area contributed by atoms with E-state index in [0.29, 0.717) is 4.68 Å². The minimum Gasteiger partial charge on any atom is -0.480 e. The Morgan fingerprint density at radius 3 is 2.55 bits per heavy atom. The summed E-state index contributed by atoms with van der Waals surface area (Å²) >= 11 is 0. The fourth-order valence-corrected chi connectivity index (χ4v) is 1.28. The number of carboxylic acids is 1. The zero-order valence-electron chi connectivity index (χ0n) is 10.6. The molecule has 0 spiro atoms. The number of halogens is 3. The number of ether oxygens (including phenoxy) is 1. The predicted octanol–water partition coefficient (Wildman–Crippen LogP) is 0.335. The Labute approximate surface area is 111 Å². The lowest BCUT2D eigenvalue weighted by molar-refractivity contribution is -0.153. The summed E-state index contributed by atoms with van der Waals surface area (Å²) < 4.78 is 41.5. The summed E-state index contributed by atoms with van der Waals surface area (Å²) in [5.41, 5.74) is -0.866. The second-order valence-corrected chi connectivity index (χ2v) is 4.02. The molecule has 1 aromatic heterocycles. The van der Waals surface area contributed by atoms with Crippen LogP contribution in [0.25, 0.3) is 0 Å². The Kier molecular flexibility index (Phi) is 4.58. The highest BCUT2D eigenvalue weighted by Crippen LogP contribution is 2.24. The number of alkyl halides is 3. The molecular weight excluding hydrogens is 283 g/mol. The van der Waals surface area contributed by atoms with Gasteiger partial charge in [0.25, 0.3) is 5.56 Å². The summed E-state index contributed by atoms with van der Waals surface area (Å²) in [7, 11) is 2.94. The number of carboxylic acid groups (broad SMARTS) is 1. The largest absolute Gasteiger partial charge is 0.480 e. The molecule has 1 N–H and O–H groups in total. The van der Waals surface area contributed by atoms with Crippen molar-refractivity contribution in [3.8, 4) is 5.75 Å². The van der Waals surface area contributed by atoms with Crippen molar-refractivity contribution < 1.29 is 27.8 Å². The third kappa shape index (κ3) is 4.44. The molecule has 0 saturated heterocycles. The zero-order chi connectivity index (χ0) is 15.5. The summed E-state index contributed by atoms with van der Waals surface area (Å²) in [5, 5.41) is 12.3. The highest BCUT2D eigenvalue weighted by Gasteiger charge is 2.29. The van der Waals surface area contributed by atoms with Crippen LogP contribution in [0.2, 0.25) is 0 Å². The molecule has 20 heavy (non-hydrogen) atoms. The van der Waals surface area contributed by atoms with Gasteiger partial charge in [-0.3, -0.25) is 9.59 Å². The van der Waals surface area contributed by atoms with Crippen molar-refractivity contribution in [2.45, 2.75) is 12.7 Å². The molecule has 1 aromatic rings. The van der Waals surface area contributed by atoms with Crippen LogP contribution in [0, 0.1) is 0 Å². The molecule has 1 rings (SSSR count). The summed E-state index contributed by atoms with van der Waals surface area (Å²) in [6, 6.07) is 0.775. The van der Waals surface area contributed by atoms with Crippen LogP contribution in [-0.2, 0) is 11.3 Å². The number of aromatic nitrogens is 2. The lowest BCUT2D eigenvalue weighted by atomic mass is 10.4. The van der Waals surface area contributed by atoms with Crippen LogP contribution < -0.4 is 15.2 Å². The molecule has 0 saturated carbocycles. The highest BCUT2D eigenvalue weighted by molar-refractivity contribution is 5.66. The topological polar surface area (TPSA) is 84.7 Å². The van der Waals surface area contributed by atoms with Gasteiger partial charge < -0.3 is 14.7 Å². The fraction of sp³-hybridized carbons (Fsp3) is 0.500. The van der Waals surface area contributed by atoms with Gasteiger partial charge in [-0.2, -0.15) is 13.2 Å². The summed E-state index contributed by atoms with van der Waals surface area (Å²) in [6.07, 6.45) is -4.56. The van der Waals surface area contributed by atoms with Crippen LogP contribution in [0.5, 0.6) is 5.75 Å². The molecule has 0 bridgehead atoms. The van der Waals surface area contributed by atoms with Crippen molar-refractivity contribution in [2.24, 2.45) is 0 Å². The number of anilines is 1. The molecule has 0 aliphatic rings. The second-order valence-electron chi connectivity index (χ2n) is 4.02. The minimum atomic E-state index is -4.56. The van der Waals surface area contributed by atoms with Crippen molar-refractivity contribution in [2.75, 3.05) is 25.6 Å². The maximum absolute atomic E-state index is 12.1. The first-order valence-corrected chi connectivity index (χ1v) is 5.31. The molecule has 0 aliphatic carbocycles. The van der Waals surface area contributed by atoms with Crippen molar-refractivity contribution in [3.63, 3.8) is 0 Å². The van der Waals surface area contributed by atoms with E-state index in [1.807, 2.05) is 0 Å². The van der Waals surface area contributed by atoms with Crippen LogP contribution >= 0.6 is 0 Å². The molecular formula is C10H12F3N3O4. The lowest BCUT2D eigenvalue weighted by Gasteiger charge is -2.18. The number of rotatable bonds is 5. The van der Waals surface area contributed by atoms with E-state index < -0.39 is 30.9 Å². The van der Waals surface area contributed by atoms with Crippen LogP contribution in [0.4, 0.5) is 19.0 Å². The van der Waals surface area contributed by atoms with E-state index in [-0.39, 0.29) is 11.6 Å². The van der Waals surface area contributed by atoms with Crippen LogP contribution in [0.15, 0.2) is 10.9 Å². The maximum atomic E-state index is 12.1. The van der Waals surface area contributed by atoms with Crippen molar-refractivity contribution in [1.82, 2.24) is 9.78 Å². The number of hydrogen-bond donors (Lipinski definition) is 1. The summed E-state index contributed by atoms with van der Waals surface area (Å²) in [4.78, 5) is 23.4. The summed E-state index contributed by atoms with van der Waals surface area (Å²) in [6.45, 7) is -2.27. The molecule has 7 nitrogen and oxygen atoms in total. The standard InChI is InChI=1S/C10H12F3N3O4/c1-15(2)9-6(20-5-10(11,12)13)3-7(17)16(14-9)4-8(18)19/h3H,4-5H2,1-2H3,(H,18,19). The van der Waals surface area contributed by atoms with Gasteiger partial charge >= 0.3 is 12.1 Å². The lowest BCUT2D eigenvalue weighted by Crippen LogP contribution is -2.29. The first kappa shape index (κ1) is 15.8. The third-order valence-electron chi connectivity index (χ3n) is 2.04. The molecule has 10 heteroatoms. The molecule has 0 fully saturated rings. The van der Waals surface area contributed by atoms with Crippen LogP contribution in [-0.4, -0.2) is 47.7 Å². The van der Waals surface area contributed by atoms with E-state index in [1.54, 1.807) is 0 Å². The number of hydrogen-bond acceptors (Lipinski definition) is 5. The van der Waals surface area contributed by atoms with Gasteiger partial charge in [0.2, 0.25) is 0 Å². The number of carbonyl (C=O) groups is 1. The predicted molar refractivity (Wildman–Crippen MR) is 62.0 cm³/mol. The maximum Gasteiger partial charge on any atom is 0.422 e. The van der Waals surface area contributed by atoms with Crippen molar-refractivity contribution in [1.29, 1.82) is 0 Å². The van der Waals surface area contributed by atoms with E-state index >= 15 is 0 Å². The summed E-state index contributed by atoms with van der Waals surface area (Å²) in [5.74, 6) is -1.73. The molecule has 0 atom stereocenters. The van der Waals surface area contributed by atoms with Gasteiger partial charge in [0.05, 0.1) is 6.07 Å². The van der Waals surface area contributed by atoms with E-state index in [4.69, 9.17) is 5.11 Å². The average Bonchev–Trinajstić information content (AvgIpc) is 2.27. The Balaban J connectivity index is 3.14. The van der Waals surface area contributed by atoms with E-state index in [2.05, 4.69) is 9.84 Å². The molecule has 0 aliphatic heterocycles. The van der Waals surface area contributed by atoms with Crippen LogP contribution in [0.1, 0.15) is 0 Å². The van der Waals surface area contributed by atoms with Gasteiger partial charge in [-0.15, -0.1) is 5.10 Å². The van der Waals surface area contributed by atoms with Gasteiger partial charge in [-0.05, 0) is 0 Å². The van der Waals surface area contributed by atoms with Gasteiger partial charge in [0, 0.05) is 14.1 Å². The zero-order valence-corrected chi connectivity index (χ0v) is 10.6. The molecule has 112 valence electrons. The first-order chi connectivity index (χ1) is 9.10. The van der Waals surface area contributed by atoms with Gasteiger partial charge in [0.1, 0.15) is 6.54 Å². The Hall–Kier alpha value is -2.26. The molecule has 0 radical (unpaired) electrons. The van der Waals surface area contributed by atoms with Crippen LogP contribution in [0.3, 0.4) is 0 Å². The molecule has 0 unspecified atom stereocenters. The highest BCUT2D eigenvalue weighted by atomic mass is 19.4. The van der Waals surface area contributed by atoms with Gasteiger partial charge in [-0.25, -0.2) is 4.68 Å². The molecule has 0 aromatic carbocycles. The monoisotopic (exact) mass is 295 g/mol. The molecule has 1 heterocycles. The number of nitrogens with zero attached hydrogens (tertiary/aromatic N) is 3. The number of aliphatic carboxylic acids is 1. The van der Waals surface area contributed by atoms with Crippen molar-refractivity contribution in [3.05, 3.63) is 16.4 Å². The average molecular weight is 295 g/mol. The Morgan fingerprint density at radius 1 is 1.50 bits per heavy atom. The smallest absolute Gasteiger partial charge is 0.422 e. The second kappa shape index (κ2) is 5.80. The Morgan fingerprint density at radius 2 is 2.10 bits per heavy atom. The fourth-order valence-electron chi connectivity index (χ4n) is 1.28. The SMILES string of the molecule is CN(C)c1nn(CC(=O)O)c(=O)cc1OCC(F)(F)F. The van der Waals surface area contributed by atoms with Gasteiger partial charge in [-0.1, -0.05) is 0 Å². The van der Waals surface area contributed by atoms with Crippen molar-refractivity contribution >= 4 is 11.8 Å². The van der Waals surface area contributed by atoms with E-state index in [1.165, 1.54) is 19.0 Å². The van der Waals surface area contributed by atoms with Gasteiger partial charge in [0.15, 0.2) is 18.2 Å². The minimum absolute atomic E-state index is 0.0740. The Bertz CT molecular complexity index is 554. The molecule has 0 amide bonds.